The lowest BCUT2D eigenvalue weighted by atomic mass is 9.99. The summed E-state index contributed by atoms with van der Waals surface area (Å²) in [6, 6.07) is 10.6. The molecule has 0 aromatic heterocycles. The van der Waals surface area contributed by atoms with Gasteiger partial charge in [-0.1, -0.05) is 48.9 Å². The summed E-state index contributed by atoms with van der Waals surface area (Å²) >= 11 is 0. The summed E-state index contributed by atoms with van der Waals surface area (Å²) in [5.74, 6) is -0.103. The number of likely N-dealkylation sites (tertiary alicyclic amines) is 1. The molecule has 0 saturated carbocycles. The van der Waals surface area contributed by atoms with E-state index in [9.17, 15) is 4.79 Å². The average molecular weight is 273 g/mol. The highest BCUT2D eigenvalue weighted by Gasteiger charge is 2.23. The Bertz CT molecular complexity index is 442. The Kier molecular flexibility index (Phi) is 5.81. The van der Waals surface area contributed by atoms with Crippen LogP contribution in [0.15, 0.2) is 36.4 Å². The van der Waals surface area contributed by atoms with Crippen molar-refractivity contribution in [2.24, 2.45) is 0 Å². The topological polar surface area (TPSA) is 29.5 Å². The van der Waals surface area contributed by atoms with Crippen molar-refractivity contribution in [1.29, 1.82) is 0 Å². The summed E-state index contributed by atoms with van der Waals surface area (Å²) in [7, 11) is 1.46. The summed E-state index contributed by atoms with van der Waals surface area (Å²) in [5, 5.41) is 0. The van der Waals surface area contributed by atoms with E-state index in [0.29, 0.717) is 12.5 Å². The van der Waals surface area contributed by atoms with Crippen LogP contribution >= 0.6 is 0 Å². The predicted octanol–water partition coefficient (Wildman–Crippen LogP) is 3.12. The first-order valence-corrected chi connectivity index (χ1v) is 7.32. The first-order valence-electron chi connectivity index (χ1n) is 7.32. The zero-order valence-corrected chi connectivity index (χ0v) is 12.1. The molecule has 1 unspecified atom stereocenters. The molecule has 0 spiro atoms. The number of esters is 1. The first-order chi connectivity index (χ1) is 9.79. The largest absolute Gasteiger partial charge is 0.469 e. The van der Waals surface area contributed by atoms with Gasteiger partial charge in [-0.2, -0.15) is 0 Å². The molecule has 0 bridgehead atoms. The van der Waals surface area contributed by atoms with Crippen LogP contribution in [0.4, 0.5) is 0 Å². The lowest BCUT2D eigenvalue weighted by Gasteiger charge is -2.34. The van der Waals surface area contributed by atoms with Gasteiger partial charge in [-0.05, 0) is 24.9 Å². The molecule has 0 amide bonds. The van der Waals surface area contributed by atoms with Crippen molar-refractivity contribution in [3.63, 3.8) is 0 Å². The quantitative estimate of drug-likeness (QED) is 0.772. The number of carbonyl (C=O) groups excluding carboxylic acids is 1. The van der Waals surface area contributed by atoms with Crippen molar-refractivity contribution in [2.45, 2.75) is 31.7 Å². The van der Waals surface area contributed by atoms with Gasteiger partial charge in [-0.15, -0.1) is 0 Å². The Morgan fingerprint density at radius 2 is 2.15 bits per heavy atom. The smallest absolute Gasteiger partial charge is 0.307 e. The normalized spacial score (nSPS) is 20.1. The van der Waals surface area contributed by atoms with Crippen LogP contribution in [0.2, 0.25) is 0 Å². The Morgan fingerprint density at radius 1 is 1.35 bits per heavy atom. The molecule has 1 aromatic carbocycles. The third kappa shape index (κ3) is 4.49. The van der Waals surface area contributed by atoms with Crippen molar-refractivity contribution in [1.82, 2.24) is 4.90 Å². The molecule has 2 rings (SSSR count). The lowest BCUT2D eigenvalue weighted by molar-refractivity contribution is -0.142. The fraction of sp³-hybridized carbons (Fsp3) is 0.471. The Morgan fingerprint density at radius 3 is 2.90 bits per heavy atom. The second kappa shape index (κ2) is 7.85. The predicted molar refractivity (Wildman–Crippen MR) is 81.3 cm³/mol. The van der Waals surface area contributed by atoms with E-state index >= 15 is 0 Å². The molecule has 1 aliphatic heterocycles. The summed E-state index contributed by atoms with van der Waals surface area (Å²) in [6.45, 7) is 1.97. The maximum atomic E-state index is 11.5. The fourth-order valence-corrected chi connectivity index (χ4v) is 2.70. The molecule has 3 nitrogen and oxygen atoms in total. The highest BCUT2D eigenvalue weighted by Crippen LogP contribution is 2.20. The van der Waals surface area contributed by atoms with Gasteiger partial charge in [-0.3, -0.25) is 9.69 Å². The Balaban J connectivity index is 1.88. The van der Waals surface area contributed by atoms with Crippen molar-refractivity contribution < 1.29 is 9.53 Å². The van der Waals surface area contributed by atoms with E-state index in [1.807, 2.05) is 18.2 Å². The molecule has 108 valence electrons. The number of benzene rings is 1. The van der Waals surface area contributed by atoms with Gasteiger partial charge in [0, 0.05) is 12.6 Å². The van der Waals surface area contributed by atoms with E-state index in [1.54, 1.807) is 0 Å². The van der Waals surface area contributed by atoms with Crippen molar-refractivity contribution >= 4 is 12.0 Å². The number of hydrogen-bond donors (Lipinski definition) is 0. The number of methoxy groups -OCH3 is 1. The molecule has 3 heteroatoms. The molecule has 1 saturated heterocycles. The van der Waals surface area contributed by atoms with Crippen LogP contribution in [0.1, 0.15) is 31.2 Å². The molecule has 0 radical (unpaired) electrons. The number of carbonyl (C=O) groups is 1. The second-order valence-electron chi connectivity index (χ2n) is 5.24. The number of hydrogen-bond acceptors (Lipinski definition) is 3. The molecule has 1 aliphatic rings. The van der Waals surface area contributed by atoms with Gasteiger partial charge in [0.25, 0.3) is 0 Å². The molecule has 0 N–H and O–H groups in total. The molecule has 1 heterocycles. The zero-order valence-electron chi connectivity index (χ0n) is 12.1. The molecule has 20 heavy (non-hydrogen) atoms. The van der Waals surface area contributed by atoms with Crippen LogP contribution in [0.5, 0.6) is 0 Å². The van der Waals surface area contributed by atoms with Gasteiger partial charge >= 0.3 is 5.97 Å². The molecule has 1 fully saturated rings. The van der Waals surface area contributed by atoms with Crippen molar-refractivity contribution in [3.05, 3.63) is 42.0 Å². The number of rotatable bonds is 5. The molecule has 0 aliphatic carbocycles. The third-order valence-electron chi connectivity index (χ3n) is 3.83. The summed E-state index contributed by atoms with van der Waals surface area (Å²) in [5.41, 5.74) is 1.22. The average Bonchev–Trinajstić information content (AvgIpc) is 2.50. The van der Waals surface area contributed by atoms with E-state index in [2.05, 4.69) is 29.2 Å². The summed E-state index contributed by atoms with van der Waals surface area (Å²) < 4.78 is 4.79. The minimum Gasteiger partial charge on any atom is -0.469 e. The van der Waals surface area contributed by atoms with E-state index in [1.165, 1.54) is 25.5 Å². The van der Waals surface area contributed by atoms with Crippen LogP contribution in [-0.2, 0) is 9.53 Å². The van der Waals surface area contributed by atoms with Crippen LogP contribution in [0.25, 0.3) is 6.08 Å². The number of piperidine rings is 1. The molecular weight excluding hydrogens is 250 g/mol. The fourth-order valence-electron chi connectivity index (χ4n) is 2.70. The minimum atomic E-state index is -0.103. The first kappa shape index (κ1) is 14.8. The Hall–Kier alpha value is -1.61. The van der Waals surface area contributed by atoms with E-state index in [0.717, 1.165) is 19.5 Å². The van der Waals surface area contributed by atoms with Crippen molar-refractivity contribution in [3.8, 4) is 0 Å². The highest BCUT2D eigenvalue weighted by molar-refractivity contribution is 5.69. The maximum Gasteiger partial charge on any atom is 0.307 e. The Labute approximate surface area is 121 Å². The van der Waals surface area contributed by atoms with Crippen molar-refractivity contribution in [2.75, 3.05) is 20.2 Å². The van der Waals surface area contributed by atoms with E-state index in [4.69, 9.17) is 4.74 Å². The van der Waals surface area contributed by atoms with Gasteiger partial charge in [-0.25, -0.2) is 0 Å². The summed E-state index contributed by atoms with van der Waals surface area (Å²) in [6.07, 6.45) is 8.36. The molecule has 1 atom stereocenters. The van der Waals surface area contributed by atoms with Gasteiger partial charge < -0.3 is 4.74 Å². The monoisotopic (exact) mass is 273 g/mol. The van der Waals surface area contributed by atoms with E-state index < -0.39 is 0 Å². The SMILES string of the molecule is COC(=O)CC1CCCCN1CC=Cc1ccccc1. The number of nitrogens with zero attached hydrogens (tertiary/aromatic N) is 1. The van der Waals surface area contributed by atoms with Gasteiger partial charge in [0.2, 0.25) is 0 Å². The standard InChI is InChI=1S/C17H23NO2/c1-20-17(19)14-16-11-5-6-12-18(16)13-7-10-15-8-3-2-4-9-15/h2-4,7-10,16H,5-6,11-14H2,1H3. The maximum absolute atomic E-state index is 11.5. The second-order valence-corrected chi connectivity index (χ2v) is 5.24. The van der Waals surface area contributed by atoms with Crippen LogP contribution in [0.3, 0.4) is 0 Å². The number of ether oxygens (including phenoxy) is 1. The zero-order chi connectivity index (χ0) is 14.2. The molecular formula is C17H23NO2. The third-order valence-corrected chi connectivity index (χ3v) is 3.83. The van der Waals surface area contributed by atoms with Gasteiger partial charge in [0.15, 0.2) is 0 Å². The highest BCUT2D eigenvalue weighted by atomic mass is 16.5. The van der Waals surface area contributed by atoms with Crippen LogP contribution in [0, 0.1) is 0 Å². The van der Waals surface area contributed by atoms with Gasteiger partial charge in [0.1, 0.15) is 0 Å². The van der Waals surface area contributed by atoms with Crippen LogP contribution in [-0.4, -0.2) is 37.1 Å². The molecule has 1 aromatic rings. The van der Waals surface area contributed by atoms with E-state index in [-0.39, 0.29) is 5.97 Å². The summed E-state index contributed by atoms with van der Waals surface area (Å²) in [4.78, 5) is 13.8. The van der Waals surface area contributed by atoms with Gasteiger partial charge in [0.05, 0.1) is 13.5 Å². The van der Waals surface area contributed by atoms with Crippen LogP contribution < -0.4 is 0 Å². The minimum absolute atomic E-state index is 0.103. The lowest BCUT2D eigenvalue weighted by Crippen LogP contribution is -2.41.